The van der Waals surface area contributed by atoms with Crippen molar-refractivity contribution in [3.8, 4) is 0 Å². The maximum absolute atomic E-state index is 12.4. The number of piperazine rings is 1. The number of rotatable bonds is 4. The number of hydrogen-bond acceptors (Lipinski definition) is 4. The summed E-state index contributed by atoms with van der Waals surface area (Å²) in [6.45, 7) is 9.17. The molecule has 6 nitrogen and oxygen atoms in total. The molecule has 1 atom stereocenters. The summed E-state index contributed by atoms with van der Waals surface area (Å²) in [5.41, 5.74) is 5.85. The Morgan fingerprint density at radius 2 is 1.67 bits per heavy atom. The summed E-state index contributed by atoms with van der Waals surface area (Å²) in [4.78, 5) is 28.6. The van der Waals surface area contributed by atoms with Gasteiger partial charge in [-0.3, -0.25) is 14.5 Å². The predicted molar refractivity (Wildman–Crippen MR) is 95.5 cm³/mol. The van der Waals surface area contributed by atoms with Crippen molar-refractivity contribution in [2.24, 2.45) is 11.1 Å². The quantitative estimate of drug-likeness (QED) is 0.800. The molecule has 0 aromatic carbocycles. The minimum Gasteiger partial charge on any atom is -0.352 e. The van der Waals surface area contributed by atoms with E-state index in [9.17, 15) is 9.59 Å². The number of amides is 2. The first-order valence-corrected chi connectivity index (χ1v) is 9.33. The van der Waals surface area contributed by atoms with Crippen LogP contribution in [0.15, 0.2) is 0 Å². The van der Waals surface area contributed by atoms with Crippen LogP contribution in [0.5, 0.6) is 0 Å². The molecule has 3 N–H and O–H groups in total. The van der Waals surface area contributed by atoms with E-state index >= 15 is 0 Å². The van der Waals surface area contributed by atoms with Gasteiger partial charge in [-0.15, -0.1) is 0 Å². The van der Waals surface area contributed by atoms with Gasteiger partial charge in [0.1, 0.15) is 0 Å². The molecule has 0 aromatic rings. The van der Waals surface area contributed by atoms with Crippen molar-refractivity contribution >= 4 is 11.8 Å². The van der Waals surface area contributed by atoms with Crippen molar-refractivity contribution in [3.63, 3.8) is 0 Å². The second kappa shape index (κ2) is 8.30. The summed E-state index contributed by atoms with van der Waals surface area (Å²) in [7, 11) is 0. The minimum absolute atomic E-state index is 0.0220. The monoisotopic (exact) mass is 338 g/mol. The SMILES string of the molecule is CC(C)(C)[C@H](N)C(=O)N1CCN(CC(=O)NC2CCCCC2)CC1. The molecule has 1 aliphatic heterocycles. The molecule has 6 heteroatoms. The first-order chi connectivity index (χ1) is 11.3. The minimum atomic E-state index is -0.473. The molecule has 0 spiro atoms. The van der Waals surface area contributed by atoms with Gasteiger partial charge in [0.25, 0.3) is 0 Å². The highest BCUT2D eigenvalue weighted by Gasteiger charge is 2.32. The van der Waals surface area contributed by atoms with Crippen molar-refractivity contribution < 1.29 is 9.59 Å². The molecule has 2 rings (SSSR count). The molecule has 2 fully saturated rings. The van der Waals surface area contributed by atoms with Gasteiger partial charge >= 0.3 is 0 Å². The zero-order valence-corrected chi connectivity index (χ0v) is 15.5. The van der Waals surface area contributed by atoms with E-state index in [-0.39, 0.29) is 17.2 Å². The Bertz CT molecular complexity index is 433. The fourth-order valence-electron chi connectivity index (χ4n) is 3.42. The van der Waals surface area contributed by atoms with E-state index in [0.29, 0.717) is 25.7 Å². The fraction of sp³-hybridized carbons (Fsp3) is 0.889. The molecule has 0 aromatic heterocycles. The Morgan fingerprint density at radius 1 is 1.08 bits per heavy atom. The van der Waals surface area contributed by atoms with Crippen LogP contribution in [0.4, 0.5) is 0 Å². The van der Waals surface area contributed by atoms with Crippen LogP contribution in [-0.4, -0.2) is 66.4 Å². The van der Waals surface area contributed by atoms with Crippen LogP contribution in [0.2, 0.25) is 0 Å². The maximum Gasteiger partial charge on any atom is 0.240 e. The van der Waals surface area contributed by atoms with E-state index < -0.39 is 6.04 Å². The zero-order valence-electron chi connectivity index (χ0n) is 15.5. The molecule has 1 saturated heterocycles. The van der Waals surface area contributed by atoms with Crippen LogP contribution >= 0.6 is 0 Å². The number of nitrogens with one attached hydrogen (secondary N) is 1. The normalized spacial score (nSPS) is 22.2. The lowest BCUT2D eigenvalue weighted by molar-refractivity contribution is -0.137. The Kier molecular flexibility index (Phi) is 6.63. The summed E-state index contributed by atoms with van der Waals surface area (Å²) in [5, 5.41) is 3.16. The van der Waals surface area contributed by atoms with Gasteiger partial charge in [-0.1, -0.05) is 40.0 Å². The predicted octanol–water partition coefficient (Wildman–Crippen LogP) is 0.953. The van der Waals surface area contributed by atoms with Gasteiger partial charge in [-0.2, -0.15) is 0 Å². The van der Waals surface area contributed by atoms with E-state index in [0.717, 1.165) is 25.9 Å². The number of hydrogen-bond donors (Lipinski definition) is 2. The number of carbonyl (C=O) groups is 2. The Labute approximate surface area is 146 Å². The Balaban J connectivity index is 1.72. The molecule has 0 bridgehead atoms. The lowest BCUT2D eigenvalue weighted by atomic mass is 9.86. The Morgan fingerprint density at radius 3 is 2.21 bits per heavy atom. The van der Waals surface area contributed by atoms with E-state index in [2.05, 4.69) is 10.2 Å². The van der Waals surface area contributed by atoms with Crippen molar-refractivity contribution in [1.82, 2.24) is 15.1 Å². The summed E-state index contributed by atoms with van der Waals surface area (Å²) in [6.07, 6.45) is 5.95. The van der Waals surface area contributed by atoms with Gasteiger partial charge in [0, 0.05) is 32.2 Å². The highest BCUT2D eigenvalue weighted by Crippen LogP contribution is 2.20. The van der Waals surface area contributed by atoms with Gasteiger partial charge in [-0.25, -0.2) is 0 Å². The van der Waals surface area contributed by atoms with Crippen molar-refractivity contribution in [2.75, 3.05) is 32.7 Å². The molecular weight excluding hydrogens is 304 g/mol. The maximum atomic E-state index is 12.4. The molecule has 0 unspecified atom stereocenters. The van der Waals surface area contributed by atoms with Crippen molar-refractivity contribution in [1.29, 1.82) is 0 Å². The van der Waals surface area contributed by atoms with E-state index in [1.54, 1.807) is 0 Å². The molecule has 0 radical (unpaired) electrons. The molecule has 1 aliphatic carbocycles. The molecule has 1 heterocycles. The summed E-state index contributed by atoms with van der Waals surface area (Å²) >= 11 is 0. The molecule has 24 heavy (non-hydrogen) atoms. The van der Waals surface area contributed by atoms with E-state index in [4.69, 9.17) is 5.73 Å². The van der Waals surface area contributed by atoms with Crippen LogP contribution in [0.3, 0.4) is 0 Å². The number of nitrogens with zero attached hydrogens (tertiary/aromatic N) is 2. The van der Waals surface area contributed by atoms with Gasteiger partial charge in [0.15, 0.2) is 0 Å². The molecule has 138 valence electrons. The smallest absolute Gasteiger partial charge is 0.240 e. The highest BCUT2D eigenvalue weighted by molar-refractivity contribution is 5.82. The largest absolute Gasteiger partial charge is 0.352 e. The van der Waals surface area contributed by atoms with Crippen molar-refractivity contribution in [2.45, 2.75) is 65.0 Å². The number of carbonyl (C=O) groups excluding carboxylic acids is 2. The zero-order chi connectivity index (χ0) is 17.7. The molecule has 1 saturated carbocycles. The molecule has 2 amide bonds. The summed E-state index contributed by atoms with van der Waals surface area (Å²) < 4.78 is 0. The average molecular weight is 338 g/mol. The van der Waals surface area contributed by atoms with Crippen LogP contribution in [0, 0.1) is 5.41 Å². The fourth-order valence-corrected chi connectivity index (χ4v) is 3.42. The van der Waals surface area contributed by atoms with Crippen molar-refractivity contribution in [3.05, 3.63) is 0 Å². The van der Waals surface area contributed by atoms with Gasteiger partial charge in [0.2, 0.25) is 11.8 Å². The Hall–Kier alpha value is -1.14. The standard InChI is InChI=1S/C18H34N4O2/c1-18(2,3)16(19)17(24)22-11-9-21(10-12-22)13-15(23)20-14-7-5-4-6-8-14/h14,16H,4-13,19H2,1-3H3,(H,20,23)/t16-/m1/s1. The lowest BCUT2D eigenvalue weighted by Gasteiger charge is -2.38. The van der Waals surface area contributed by atoms with Gasteiger partial charge in [0.05, 0.1) is 12.6 Å². The molecule has 2 aliphatic rings. The van der Waals surface area contributed by atoms with Crippen LogP contribution in [-0.2, 0) is 9.59 Å². The first-order valence-electron chi connectivity index (χ1n) is 9.33. The third-order valence-electron chi connectivity index (χ3n) is 5.22. The second-order valence-electron chi connectivity index (χ2n) is 8.35. The number of nitrogens with two attached hydrogens (primary N) is 1. The highest BCUT2D eigenvalue weighted by atomic mass is 16.2. The lowest BCUT2D eigenvalue weighted by Crippen LogP contribution is -2.57. The van der Waals surface area contributed by atoms with Crippen LogP contribution in [0.1, 0.15) is 52.9 Å². The topological polar surface area (TPSA) is 78.7 Å². The van der Waals surface area contributed by atoms with Crippen LogP contribution < -0.4 is 11.1 Å². The van der Waals surface area contributed by atoms with E-state index in [1.807, 2.05) is 25.7 Å². The van der Waals surface area contributed by atoms with E-state index in [1.165, 1.54) is 19.3 Å². The average Bonchev–Trinajstić information content (AvgIpc) is 2.54. The molecular formula is C18H34N4O2. The first kappa shape index (κ1) is 19.2. The third kappa shape index (κ3) is 5.45. The summed E-state index contributed by atoms with van der Waals surface area (Å²) in [6, 6.07) is -0.113. The summed E-state index contributed by atoms with van der Waals surface area (Å²) in [5.74, 6) is 0.141. The third-order valence-corrected chi connectivity index (χ3v) is 5.22. The van der Waals surface area contributed by atoms with Gasteiger partial charge < -0.3 is 16.0 Å². The van der Waals surface area contributed by atoms with Gasteiger partial charge in [-0.05, 0) is 18.3 Å². The van der Waals surface area contributed by atoms with Crippen LogP contribution in [0.25, 0.3) is 0 Å². The second-order valence-corrected chi connectivity index (χ2v) is 8.35.